The van der Waals surface area contributed by atoms with Gasteiger partial charge in [0.25, 0.3) is 5.95 Å². The van der Waals surface area contributed by atoms with Gasteiger partial charge in [0.2, 0.25) is 11.8 Å². The lowest BCUT2D eigenvalue weighted by Crippen LogP contribution is -2.39. The number of amides is 1. The van der Waals surface area contributed by atoms with Gasteiger partial charge >= 0.3 is 5.97 Å². The first-order valence-corrected chi connectivity index (χ1v) is 9.63. The summed E-state index contributed by atoms with van der Waals surface area (Å²) in [5, 5.41) is 13.8. The van der Waals surface area contributed by atoms with Crippen molar-refractivity contribution in [3.8, 4) is 0 Å². The number of hydrogen-bond acceptors (Lipinski definition) is 5. The van der Waals surface area contributed by atoms with E-state index < -0.39 is 11.4 Å². The highest BCUT2D eigenvalue weighted by molar-refractivity contribution is 6.31. The van der Waals surface area contributed by atoms with Crippen LogP contribution in [0.25, 0.3) is 0 Å². The number of hydrogen-bond donors (Lipinski definition) is 1. The Morgan fingerprint density at radius 3 is 2.76 bits per heavy atom. The van der Waals surface area contributed by atoms with Crippen LogP contribution in [0, 0.1) is 0 Å². The number of carboxylic acid groups (broad SMARTS) is 1. The molecule has 1 atom stereocenters. The van der Waals surface area contributed by atoms with Crippen LogP contribution in [0.5, 0.6) is 0 Å². The summed E-state index contributed by atoms with van der Waals surface area (Å²) in [7, 11) is 0. The van der Waals surface area contributed by atoms with E-state index in [0.29, 0.717) is 35.9 Å². The average Bonchev–Trinajstić information content (AvgIpc) is 3.37. The molecule has 1 N–H and O–H groups in total. The van der Waals surface area contributed by atoms with Gasteiger partial charge in [0.05, 0.1) is 16.7 Å². The molecule has 0 fully saturated rings. The minimum Gasteiger partial charge on any atom is -0.478 e. The molecule has 7 nitrogen and oxygen atoms in total. The van der Waals surface area contributed by atoms with E-state index in [1.807, 2.05) is 13.0 Å². The fourth-order valence-electron chi connectivity index (χ4n) is 4.36. The Morgan fingerprint density at radius 2 is 2.03 bits per heavy atom. The second-order valence-electron chi connectivity index (χ2n) is 7.37. The summed E-state index contributed by atoms with van der Waals surface area (Å²) in [6, 6.07) is 10.4. The highest BCUT2D eigenvalue weighted by Crippen LogP contribution is 2.52. The Bertz CT molecular complexity index is 1190. The molecule has 8 heteroatoms. The van der Waals surface area contributed by atoms with Crippen molar-refractivity contribution in [1.29, 1.82) is 0 Å². The molecule has 2 aliphatic rings. The monoisotopic (exact) mass is 409 g/mol. The lowest BCUT2D eigenvalue weighted by Gasteiger charge is -2.22. The second-order valence-corrected chi connectivity index (χ2v) is 7.80. The average molecular weight is 410 g/mol. The number of halogens is 1. The number of aromatic carboxylic acids is 1. The molecular formula is C21H16ClN3O4. The summed E-state index contributed by atoms with van der Waals surface area (Å²) in [6.07, 6.45) is 1.45. The molecule has 1 unspecified atom stereocenters. The number of aromatic nitrogens is 2. The van der Waals surface area contributed by atoms with Gasteiger partial charge in [-0.15, -0.1) is 0 Å². The van der Waals surface area contributed by atoms with Gasteiger partial charge in [-0.1, -0.05) is 30.7 Å². The van der Waals surface area contributed by atoms with Crippen LogP contribution in [0.4, 0.5) is 11.6 Å². The molecule has 1 aliphatic carbocycles. The summed E-state index contributed by atoms with van der Waals surface area (Å²) in [5.74, 6) is -0.516. The van der Waals surface area contributed by atoms with Crippen LogP contribution in [0.2, 0.25) is 5.02 Å². The molecule has 0 saturated heterocycles. The minimum atomic E-state index is -0.987. The number of rotatable bonds is 3. The van der Waals surface area contributed by atoms with Gasteiger partial charge in [0.1, 0.15) is 0 Å². The molecule has 2 heterocycles. The second kappa shape index (κ2) is 6.15. The summed E-state index contributed by atoms with van der Waals surface area (Å²) < 4.78 is 5.22. The van der Waals surface area contributed by atoms with Gasteiger partial charge in [0.15, 0.2) is 0 Å². The van der Waals surface area contributed by atoms with Crippen molar-refractivity contribution < 1.29 is 19.2 Å². The molecule has 0 saturated carbocycles. The highest BCUT2D eigenvalue weighted by Gasteiger charge is 2.55. The normalized spacial score (nSPS) is 19.7. The predicted octanol–water partition coefficient (Wildman–Crippen LogP) is 3.70. The first-order valence-electron chi connectivity index (χ1n) is 9.25. The summed E-state index contributed by atoms with van der Waals surface area (Å²) in [6.45, 7) is 1.89. The van der Waals surface area contributed by atoms with E-state index in [0.717, 1.165) is 16.7 Å². The third kappa shape index (κ3) is 2.50. The van der Waals surface area contributed by atoms with Crippen LogP contribution in [0.3, 0.4) is 0 Å². The van der Waals surface area contributed by atoms with Gasteiger partial charge in [0, 0.05) is 11.4 Å². The molecule has 1 aromatic heterocycles. The minimum absolute atomic E-state index is 0.161. The summed E-state index contributed by atoms with van der Waals surface area (Å²) in [5.41, 5.74) is 2.67. The number of carbonyl (C=O) groups excluding carboxylic acids is 1. The Labute approximate surface area is 170 Å². The van der Waals surface area contributed by atoms with Crippen molar-refractivity contribution in [2.45, 2.75) is 31.6 Å². The Balaban J connectivity index is 1.65. The fraction of sp³-hybridized carbons (Fsp3) is 0.238. The zero-order valence-electron chi connectivity index (χ0n) is 15.5. The Kier molecular flexibility index (Phi) is 3.79. The molecule has 0 bridgehead atoms. The van der Waals surface area contributed by atoms with Gasteiger partial charge in [-0.25, -0.2) is 9.69 Å². The summed E-state index contributed by atoms with van der Waals surface area (Å²) in [4.78, 5) is 30.9. The van der Waals surface area contributed by atoms with E-state index in [4.69, 9.17) is 16.1 Å². The molecule has 2 aromatic carbocycles. The number of benzene rings is 2. The van der Waals surface area contributed by atoms with Crippen molar-refractivity contribution in [3.05, 3.63) is 69.6 Å². The Morgan fingerprint density at radius 1 is 1.24 bits per heavy atom. The van der Waals surface area contributed by atoms with Crippen LogP contribution >= 0.6 is 11.6 Å². The third-order valence-corrected chi connectivity index (χ3v) is 5.96. The Hall–Kier alpha value is -3.19. The predicted molar refractivity (Wildman–Crippen MR) is 105 cm³/mol. The quantitative estimate of drug-likeness (QED) is 0.708. The number of anilines is 2. The SMILES string of the molecule is CCc1nc(N2C(=O)C3(Cc4ccc(C(=O)O)cc4C3)c3ccc(Cl)cc32)no1. The van der Waals surface area contributed by atoms with Crippen LogP contribution in [0.15, 0.2) is 40.9 Å². The molecule has 1 spiro atoms. The molecule has 3 aromatic rings. The maximum Gasteiger partial charge on any atom is 0.335 e. The number of aryl methyl sites for hydroxylation is 1. The van der Waals surface area contributed by atoms with Crippen LogP contribution in [-0.2, 0) is 29.5 Å². The highest BCUT2D eigenvalue weighted by atomic mass is 35.5. The van der Waals surface area contributed by atoms with Crippen molar-refractivity contribution in [2.75, 3.05) is 4.90 Å². The van der Waals surface area contributed by atoms with E-state index in [-0.39, 0.29) is 17.4 Å². The smallest absolute Gasteiger partial charge is 0.335 e. The molecule has 1 aliphatic heterocycles. The standard InChI is InChI=1S/C21H16ClN3O4/c1-2-17-23-20(24-29-17)25-16-8-14(22)5-6-15(16)21(19(25)28)9-12-4-3-11(18(26)27)7-13(12)10-21/h3-8H,2,9-10H2,1H3,(H,26,27). The van der Waals surface area contributed by atoms with Crippen molar-refractivity contribution >= 4 is 35.1 Å². The van der Waals surface area contributed by atoms with Crippen LogP contribution in [0.1, 0.15) is 39.9 Å². The number of nitrogens with zero attached hydrogens (tertiary/aromatic N) is 3. The molecule has 29 heavy (non-hydrogen) atoms. The van der Waals surface area contributed by atoms with Gasteiger partial charge in [-0.3, -0.25) is 4.79 Å². The maximum atomic E-state index is 13.7. The van der Waals surface area contributed by atoms with E-state index >= 15 is 0 Å². The molecule has 5 rings (SSSR count). The van der Waals surface area contributed by atoms with Gasteiger partial charge in [-0.05, 0) is 59.0 Å². The van der Waals surface area contributed by atoms with E-state index in [2.05, 4.69) is 10.1 Å². The molecular weight excluding hydrogens is 394 g/mol. The topological polar surface area (TPSA) is 96.5 Å². The van der Waals surface area contributed by atoms with Crippen LogP contribution in [-0.4, -0.2) is 27.1 Å². The molecule has 1 amide bonds. The zero-order chi connectivity index (χ0) is 20.3. The van der Waals surface area contributed by atoms with Gasteiger partial charge < -0.3 is 9.63 Å². The number of carbonyl (C=O) groups is 2. The lowest BCUT2D eigenvalue weighted by molar-refractivity contribution is -0.122. The van der Waals surface area contributed by atoms with Crippen molar-refractivity contribution in [3.63, 3.8) is 0 Å². The first-order chi connectivity index (χ1) is 13.9. The zero-order valence-corrected chi connectivity index (χ0v) is 16.2. The molecule has 146 valence electrons. The first kappa shape index (κ1) is 17.9. The van der Waals surface area contributed by atoms with Crippen molar-refractivity contribution in [2.24, 2.45) is 0 Å². The van der Waals surface area contributed by atoms with Crippen LogP contribution < -0.4 is 4.90 Å². The van der Waals surface area contributed by atoms with Gasteiger partial charge in [-0.2, -0.15) is 4.98 Å². The number of fused-ring (bicyclic) bond motifs is 3. The third-order valence-electron chi connectivity index (χ3n) is 5.73. The van der Waals surface area contributed by atoms with E-state index in [9.17, 15) is 14.7 Å². The summed E-state index contributed by atoms with van der Waals surface area (Å²) >= 11 is 6.23. The molecule has 0 radical (unpaired) electrons. The van der Waals surface area contributed by atoms with Crippen molar-refractivity contribution in [1.82, 2.24) is 10.1 Å². The fourth-order valence-corrected chi connectivity index (χ4v) is 4.53. The maximum absolute atomic E-state index is 13.7. The number of carboxylic acids is 1. The largest absolute Gasteiger partial charge is 0.478 e. The lowest BCUT2D eigenvalue weighted by atomic mass is 9.79. The van der Waals surface area contributed by atoms with E-state index in [1.165, 1.54) is 4.90 Å². The van der Waals surface area contributed by atoms with E-state index in [1.54, 1.807) is 30.3 Å².